The molecule has 0 N–H and O–H groups in total. The van der Waals surface area contributed by atoms with Gasteiger partial charge in [0.2, 0.25) is 5.95 Å². The van der Waals surface area contributed by atoms with Crippen molar-refractivity contribution in [3.05, 3.63) is 152 Å². The molecule has 0 saturated carbocycles. The van der Waals surface area contributed by atoms with E-state index in [0.29, 0.717) is 5.95 Å². The van der Waals surface area contributed by atoms with E-state index in [4.69, 9.17) is 9.97 Å². The lowest BCUT2D eigenvalue weighted by molar-refractivity contribution is 1.02. The number of fused-ring (bicyclic) bond motifs is 12. The fourth-order valence-corrected chi connectivity index (χ4v) is 12.1. The van der Waals surface area contributed by atoms with Crippen LogP contribution in [0, 0.1) is 0 Å². The quantitative estimate of drug-likeness (QED) is 0.177. The summed E-state index contributed by atoms with van der Waals surface area (Å²) >= 11 is 3.64. The third kappa shape index (κ3) is 3.56. The summed E-state index contributed by atoms with van der Waals surface area (Å²) in [5, 5.41) is 19.1. The molecule has 5 heteroatoms. The standard InChI is InChI=1S/C50H25N3S2/c1-2-11-28-27(10-1)32-16-9-17-38-44(32)46-39(25-37-30-13-4-3-12-29(30)33-21-22-34(28)45(46)43(33)37)53(38)50-51-47(49-48(52-50)35-15-6-8-19-41(35)55-49)26-20-23-42-36(24-26)31-14-5-7-18-40(31)54-42/h1-25H. The molecule has 252 valence electrons. The van der Waals surface area contributed by atoms with E-state index in [1.807, 2.05) is 11.3 Å². The van der Waals surface area contributed by atoms with Gasteiger partial charge in [0.25, 0.3) is 0 Å². The van der Waals surface area contributed by atoms with Crippen molar-refractivity contribution in [3.63, 3.8) is 0 Å². The van der Waals surface area contributed by atoms with E-state index in [2.05, 4.69) is 156 Å². The number of benzene rings is 8. The normalized spacial score (nSPS) is 12.7. The van der Waals surface area contributed by atoms with Crippen molar-refractivity contribution in [1.82, 2.24) is 14.5 Å². The molecule has 0 saturated heterocycles. The molecule has 0 aliphatic carbocycles. The van der Waals surface area contributed by atoms with E-state index in [9.17, 15) is 0 Å². The van der Waals surface area contributed by atoms with Crippen LogP contribution in [0.25, 0.3) is 133 Å². The van der Waals surface area contributed by atoms with Crippen LogP contribution in [0.4, 0.5) is 0 Å². The number of thiophene rings is 2. The SMILES string of the molecule is c1ccc2c(c1)sc1ccc(-c3nc(-n4c5cccc6c7ccccc7c7ccc8c9ccccc9c9cc4c(c7c89)c65)nc4c3sc3ccccc34)cc12. The van der Waals surface area contributed by atoms with E-state index >= 15 is 0 Å². The van der Waals surface area contributed by atoms with Crippen LogP contribution in [0.15, 0.2) is 152 Å². The molecule has 0 aliphatic rings. The summed E-state index contributed by atoms with van der Waals surface area (Å²) in [6.45, 7) is 0. The monoisotopic (exact) mass is 731 g/mol. The molecule has 0 atom stereocenters. The van der Waals surface area contributed by atoms with Crippen molar-refractivity contribution in [1.29, 1.82) is 0 Å². The van der Waals surface area contributed by atoms with Crippen LogP contribution >= 0.6 is 22.7 Å². The van der Waals surface area contributed by atoms with E-state index in [-0.39, 0.29) is 0 Å². The molecule has 14 aromatic rings. The molecule has 0 aliphatic heterocycles. The molecule has 0 amide bonds. The molecule has 0 fully saturated rings. The Labute approximate surface area is 320 Å². The van der Waals surface area contributed by atoms with Gasteiger partial charge in [0.1, 0.15) is 0 Å². The molecule has 3 nitrogen and oxygen atoms in total. The van der Waals surface area contributed by atoms with E-state index in [0.717, 1.165) is 37.9 Å². The topological polar surface area (TPSA) is 30.7 Å². The van der Waals surface area contributed by atoms with Crippen LogP contribution < -0.4 is 0 Å². The Balaban J connectivity index is 1.20. The maximum absolute atomic E-state index is 5.65. The Morgan fingerprint density at radius 3 is 1.73 bits per heavy atom. The Hall–Kier alpha value is -6.66. The van der Waals surface area contributed by atoms with Crippen LogP contribution in [0.2, 0.25) is 0 Å². The molecule has 55 heavy (non-hydrogen) atoms. The first-order chi connectivity index (χ1) is 27.3. The van der Waals surface area contributed by atoms with Crippen molar-refractivity contribution >= 4 is 139 Å². The smallest absolute Gasteiger partial charge is 0.235 e. The number of rotatable bonds is 2. The van der Waals surface area contributed by atoms with Gasteiger partial charge < -0.3 is 0 Å². The minimum Gasteiger partial charge on any atom is -0.278 e. The summed E-state index contributed by atoms with van der Waals surface area (Å²) in [5.74, 6) is 0.697. The lowest BCUT2D eigenvalue weighted by atomic mass is 9.97. The van der Waals surface area contributed by atoms with Crippen LogP contribution in [-0.4, -0.2) is 14.5 Å². The second kappa shape index (κ2) is 10.1. The summed E-state index contributed by atoms with van der Waals surface area (Å²) in [5.41, 5.74) is 5.34. The van der Waals surface area contributed by atoms with Crippen LogP contribution in [-0.2, 0) is 0 Å². The second-order valence-corrected chi connectivity index (χ2v) is 16.9. The first-order valence-electron chi connectivity index (χ1n) is 18.7. The molecule has 10 aromatic carbocycles. The van der Waals surface area contributed by atoms with Gasteiger partial charge in [-0.1, -0.05) is 115 Å². The highest BCUT2D eigenvalue weighted by Crippen LogP contribution is 2.51. The third-order valence-corrected chi connectivity index (χ3v) is 14.4. The fraction of sp³-hybridized carbons (Fsp3) is 0. The highest BCUT2D eigenvalue weighted by Gasteiger charge is 2.26. The van der Waals surface area contributed by atoms with Gasteiger partial charge in [-0.25, -0.2) is 9.97 Å². The molecule has 0 unspecified atom stereocenters. The predicted octanol–water partition coefficient (Wildman–Crippen LogP) is 14.6. The van der Waals surface area contributed by atoms with Crippen molar-refractivity contribution in [3.8, 4) is 17.2 Å². The molecule has 4 heterocycles. The average molecular weight is 732 g/mol. The summed E-state index contributed by atoms with van der Waals surface area (Å²) < 4.78 is 7.29. The summed E-state index contributed by atoms with van der Waals surface area (Å²) in [7, 11) is 0. The molecule has 14 rings (SSSR count). The van der Waals surface area contributed by atoms with Gasteiger partial charge in [-0.3, -0.25) is 4.57 Å². The predicted molar refractivity (Wildman–Crippen MR) is 237 cm³/mol. The minimum atomic E-state index is 0.697. The van der Waals surface area contributed by atoms with E-state index < -0.39 is 0 Å². The fourth-order valence-electron chi connectivity index (χ4n) is 9.85. The molecule has 0 radical (unpaired) electrons. The summed E-state index contributed by atoms with van der Waals surface area (Å²) in [4.78, 5) is 11.2. The second-order valence-electron chi connectivity index (χ2n) is 14.8. The van der Waals surface area contributed by atoms with E-state index in [1.165, 1.54) is 89.5 Å². The number of nitrogens with zero attached hydrogens (tertiary/aromatic N) is 3. The van der Waals surface area contributed by atoms with E-state index in [1.54, 1.807) is 11.3 Å². The van der Waals surface area contributed by atoms with Crippen LogP contribution in [0.5, 0.6) is 0 Å². The van der Waals surface area contributed by atoms with Gasteiger partial charge in [0.15, 0.2) is 0 Å². The van der Waals surface area contributed by atoms with Crippen LogP contribution in [0.3, 0.4) is 0 Å². The highest BCUT2D eigenvalue weighted by atomic mass is 32.1. The first kappa shape index (κ1) is 28.8. The zero-order valence-electron chi connectivity index (χ0n) is 29.1. The number of aromatic nitrogens is 3. The summed E-state index contributed by atoms with van der Waals surface area (Å²) in [6, 6.07) is 56.0. The number of hydrogen-bond acceptors (Lipinski definition) is 4. The van der Waals surface area contributed by atoms with Gasteiger partial charge in [0, 0.05) is 52.0 Å². The molecular formula is C50H25N3S2. The molecular weight excluding hydrogens is 707 g/mol. The van der Waals surface area contributed by atoms with Gasteiger partial charge in [-0.2, -0.15) is 0 Å². The van der Waals surface area contributed by atoms with Gasteiger partial charge in [-0.15, -0.1) is 22.7 Å². The average Bonchev–Trinajstić information content (AvgIpc) is 3.97. The van der Waals surface area contributed by atoms with Crippen molar-refractivity contribution in [2.75, 3.05) is 0 Å². The Morgan fingerprint density at radius 2 is 0.964 bits per heavy atom. The lowest BCUT2D eigenvalue weighted by Crippen LogP contribution is -2.02. The van der Waals surface area contributed by atoms with Crippen molar-refractivity contribution < 1.29 is 0 Å². The maximum atomic E-state index is 5.65. The lowest BCUT2D eigenvalue weighted by Gasteiger charge is -2.12. The Bertz CT molecular complexity index is 3960. The molecule has 4 aromatic heterocycles. The zero-order chi connectivity index (χ0) is 35.5. The number of hydrogen-bond donors (Lipinski definition) is 0. The third-order valence-electron chi connectivity index (χ3n) is 12.1. The minimum absolute atomic E-state index is 0.697. The van der Waals surface area contributed by atoms with Gasteiger partial charge >= 0.3 is 0 Å². The Kier molecular flexibility index (Phi) is 5.29. The maximum Gasteiger partial charge on any atom is 0.235 e. The Morgan fingerprint density at radius 1 is 0.364 bits per heavy atom. The van der Waals surface area contributed by atoms with Crippen molar-refractivity contribution in [2.24, 2.45) is 0 Å². The summed E-state index contributed by atoms with van der Waals surface area (Å²) in [6.07, 6.45) is 0. The van der Waals surface area contributed by atoms with Crippen LogP contribution in [0.1, 0.15) is 0 Å². The molecule has 0 spiro atoms. The van der Waals surface area contributed by atoms with Crippen molar-refractivity contribution in [2.45, 2.75) is 0 Å². The van der Waals surface area contributed by atoms with Gasteiger partial charge in [-0.05, 0) is 84.9 Å². The largest absolute Gasteiger partial charge is 0.278 e. The first-order valence-corrected chi connectivity index (χ1v) is 20.3. The van der Waals surface area contributed by atoms with Gasteiger partial charge in [0.05, 0.1) is 26.9 Å². The zero-order valence-corrected chi connectivity index (χ0v) is 30.7. The molecule has 0 bridgehead atoms. The highest BCUT2D eigenvalue weighted by molar-refractivity contribution is 7.26.